The molecule has 0 saturated carbocycles. The van der Waals surface area contributed by atoms with Crippen LogP contribution in [0.15, 0.2) is 58.2 Å². The van der Waals surface area contributed by atoms with E-state index in [1.165, 1.54) is 22.5 Å². The first-order valence-electron chi connectivity index (χ1n) is 9.36. The number of piperazine rings is 1. The Morgan fingerprint density at radius 3 is 2.33 bits per heavy atom. The highest BCUT2D eigenvalue weighted by Crippen LogP contribution is 2.21. The standard InChI is InChI=1S/C20H19FN4O4S/c21-16-7-3-4-8-18(16)30(28,29)25-11-9-24(10-12-25)19(26)13-17-14-5-1-2-6-15(14)20(27)23-22-17/h1-8H,9-13H2,(H,23,27). The quantitative estimate of drug-likeness (QED) is 0.669. The molecule has 1 amide bonds. The van der Waals surface area contributed by atoms with E-state index in [2.05, 4.69) is 10.2 Å². The number of benzene rings is 2. The molecule has 30 heavy (non-hydrogen) atoms. The van der Waals surface area contributed by atoms with Crippen LogP contribution in [0.2, 0.25) is 0 Å². The fourth-order valence-electron chi connectivity index (χ4n) is 3.53. The highest BCUT2D eigenvalue weighted by atomic mass is 32.2. The van der Waals surface area contributed by atoms with Gasteiger partial charge in [-0.3, -0.25) is 9.59 Å². The number of H-pyrrole nitrogens is 1. The second-order valence-electron chi connectivity index (χ2n) is 6.94. The van der Waals surface area contributed by atoms with Crippen molar-refractivity contribution in [1.82, 2.24) is 19.4 Å². The summed E-state index contributed by atoms with van der Waals surface area (Å²) in [6, 6.07) is 12.1. The smallest absolute Gasteiger partial charge is 0.272 e. The van der Waals surface area contributed by atoms with Crippen LogP contribution in [-0.4, -0.2) is 59.9 Å². The Morgan fingerprint density at radius 2 is 1.63 bits per heavy atom. The molecule has 0 unspecified atom stereocenters. The Bertz CT molecular complexity index is 1270. The molecule has 1 N–H and O–H groups in total. The number of carbonyl (C=O) groups is 1. The van der Waals surface area contributed by atoms with Gasteiger partial charge in [0.15, 0.2) is 0 Å². The molecule has 0 radical (unpaired) electrons. The first-order chi connectivity index (χ1) is 14.4. The largest absolute Gasteiger partial charge is 0.340 e. The van der Waals surface area contributed by atoms with Gasteiger partial charge in [0.05, 0.1) is 17.5 Å². The number of hydrogen-bond donors (Lipinski definition) is 1. The average Bonchev–Trinajstić information content (AvgIpc) is 2.76. The maximum atomic E-state index is 13.9. The molecule has 156 valence electrons. The van der Waals surface area contributed by atoms with Crippen LogP contribution < -0.4 is 5.56 Å². The van der Waals surface area contributed by atoms with Gasteiger partial charge in [0.2, 0.25) is 15.9 Å². The van der Waals surface area contributed by atoms with Crippen LogP contribution in [0.3, 0.4) is 0 Å². The predicted octanol–water partition coefficient (Wildman–Crippen LogP) is 1.14. The zero-order chi connectivity index (χ0) is 21.3. The van der Waals surface area contributed by atoms with Gasteiger partial charge in [-0.05, 0) is 18.2 Å². The van der Waals surface area contributed by atoms with Crippen molar-refractivity contribution >= 4 is 26.7 Å². The minimum Gasteiger partial charge on any atom is -0.340 e. The van der Waals surface area contributed by atoms with E-state index in [1.807, 2.05) is 0 Å². The van der Waals surface area contributed by atoms with E-state index >= 15 is 0 Å². The summed E-state index contributed by atoms with van der Waals surface area (Å²) in [6.07, 6.45) is -0.0165. The molecule has 3 aromatic rings. The van der Waals surface area contributed by atoms with Crippen LogP contribution in [0.1, 0.15) is 5.69 Å². The summed E-state index contributed by atoms with van der Waals surface area (Å²) in [6.45, 7) is 0.520. The van der Waals surface area contributed by atoms with Crippen molar-refractivity contribution in [2.45, 2.75) is 11.3 Å². The number of nitrogens with one attached hydrogen (secondary N) is 1. The van der Waals surface area contributed by atoms with Gasteiger partial charge in [-0.25, -0.2) is 17.9 Å². The normalized spacial score (nSPS) is 15.4. The van der Waals surface area contributed by atoms with E-state index in [9.17, 15) is 22.4 Å². The Labute approximate surface area is 172 Å². The minimum absolute atomic E-state index is 0.0165. The van der Waals surface area contributed by atoms with Crippen LogP contribution in [0.5, 0.6) is 0 Å². The Morgan fingerprint density at radius 1 is 1.00 bits per heavy atom. The number of fused-ring (bicyclic) bond motifs is 1. The Balaban J connectivity index is 1.46. The third-order valence-corrected chi connectivity index (χ3v) is 7.07. The van der Waals surface area contributed by atoms with Gasteiger partial charge in [-0.15, -0.1) is 0 Å². The number of hydrogen-bond acceptors (Lipinski definition) is 5. The molecule has 2 heterocycles. The number of amides is 1. The van der Waals surface area contributed by atoms with Crippen molar-refractivity contribution < 1.29 is 17.6 Å². The van der Waals surface area contributed by atoms with E-state index in [0.717, 1.165) is 6.07 Å². The molecule has 2 aromatic carbocycles. The number of rotatable bonds is 4. The molecule has 1 aliphatic rings. The fraction of sp³-hybridized carbons (Fsp3) is 0.250. The molecule has 4 rings (SSSR count). The van der Waals surface area contributed by atoms with E-state index in [-0.39, 0.29) is 49.0 Å². The maximum absolute atomic E-state index is 13.9. The van der Waals surface area contributed by atoms with Gasteiger partial charge in [-0.2, -0.15) is 9.40 Å². The first-order valence-corrected chi connectivity index (χ1v) is 10.8. The van der Waals surface area contributed by atoms with Gasteiger partial charge in [-0.1, -0.05) is 30.3 Å². The lowest BCUT2D eigenvalue weighted by molar-refractivity contribution is -0.131. The van der Waals surface area contributed by atoms with E-state index in [0.29, 0.717) is 16.5 Å². The zero-order valence-corrected chi connectivity index (χ0v) is 16.7. The molecule has 1 saturated heterocycles. The second-order valence-corrected chi connectivity index (χ2v) is 8.84. The number of nitrogens with zero attached hydrogens (tertiary/aromatic N) is 3. The lowest BCUT2D eigenvalue weighted by Gasteiger charge is -2.34. The molecular weight excluding hydrogens is 411 g/mol. The van der Waals surface area contributed by atoms with Gasteiger partial charge in [0.25, 0.3) is 5.56 Å². The average molecular weight is 430 g/mol. The third kappa shape index (κ3) is 3.71. The topological polar surface area (TPSA) is 103 Å². The molecular formula is C20H19FN4O4S. The molecule has 0 aliphatic carbocycles. The molecule has 0 bridgehead atoms. The van der Waals surface area contributed by atoms with E-state index in [1.54, 1.807) is 29.2 Å². The number of halogens is 1. The molecule has 10 heteroatoms. The summed E-state index contributed by atoms with van der Waals surface area (Å²) >= 11 is 0. The number of aromatic amines is 1. The summed E-state index contributed by atoms with van der Waals surface area (Å²) in [4.78, 5) is 25.8. The zero-order valence-electron chi connectivity index (χ0n) is 15.9. The predicted molar refractivity (Wildman–Crippen MR) is 108 cm³/mol. The van der Waals surface area contributed by atoms with Crippen LogP contribution >= 0.6 is 0 Å². The SMILES string of the molecule is O=C(Cc1n[nH]c(=O)c2ccccc12)N1CCN(S(=O)(=O)c2ccccc2F)CC1. The van der Waals surface area contributed by atoms with E-state index in [4.69, 9.17) is 0 Å². The maximum Gasteiger partial charge on any atom is 0.272 e. The number of carbonyl (C=O) groups excluding carboxylic acids is 1. The van der Waals surface area contributed by atoms with Crippen molar-refractivity contribution in [3.63, 3.8) is 0 Å². The summed E-state index contributed by atoms with van der Waals surface area (Å²) in [5.74, 6) is -1.02. The summed E-state index contributed by atoms with van der Waals surface area (Å²) in [5, 5.41) is 7.48. The van der Waals surface area contributed by atoms with Crippen molar-refractivity contribution in [3.8, 4) is 0 Å². The van der Waals surface area contributed by atoms with Gasteiger partial charge in [0, 0.05) is 31.6 Å². The van der Waals surface area contributed by atoms with Crippen LogP contribution in [-0.2, 0) is 21.2 Å². The Kier molecular flexibility index (Phi) is 5.35. The van der Waals surface area contributed by atoms with Gasteiger partial charge < -0.3 is 4.90 Å². The second kappa shape index (κ2) is 7.96. The monoisotopic (exact) mass is 430 g/mol. The van der Waals surface area contributed by atoms with Crippen LogP contribution in [0, 0.1) is 5.82 Å². The molecule has 0 spiro atoms. The highest BCUT2D eigenvalue weighted by Gasteiger charge is 2.31. The summed E-state index contributed by atoms with van der Waals surface area (Å²) in [7, 11) is -3.97. The molecule has 8 nitrogen and oxygen atoms in total. The summed E-state index contributed by atoms with van der Waals surface area (Å²) < 4.78 is 40.5. The van der Waals surface area contributed by atoms with Crippen molar-refractivity contribution in [1.29, 1.82) is 0 Å². The highest BCUT2D eigenvalue weighted by molar-refractivity contribution is 7.89. The minimum atomic E-state index is -3.97. The van der Waals surface area contributed by atoms with Gasteiger partial charge >= 0.3 is 0 Å². The molecule has 0 atom stereocenters. The summed E-state index contributed by atoms with van der Waals surface area (Å²) in [5.41, 5.74) is 0.130. The third-order valence-electron chi connectivity index (χ3n) is 5.14. The first kappa shape index (κ1) is 20.2. The lowest BCUT2D eigenvalue weighted by Crippen LogP contribution is -2.51. The van der Waals surface area contributed by atoms with Crippen LogP contribution in [0.4, 0.5) is 4.39 Å². The fourth-order valence-corrected chi connectivity index (χ4v) is 5.02. The molecule has 1 aromatic heterocycles. The van der Waals surface area contributed by atoms with Crippen molar-refractivity contribution in [2.75, 3.05) is 26.2 Å². The van der Waals surface area contributed by atoms with Crippen LogP contribution in [0.25, 0.3) is 10.8 Å². The molecule has 1 aliphatic heterocycles. The van der Waals surface area contributed by atoms with Crippen molar-refractivity contribution in [3.05, 3.63) is 70.4 Å². The number of sulfonamides is 1. The Hall–Kier alpha value is -3.11. The number of aromatic nitrogens is 2. The van der Waals surface area contributed by atoms with E-state index < -0.39 is 15.8 Å². The van der Waals surface area contributed by atoms with Crippen molar-refractivity contribution in [2.24, 2.45) is 0 Å². The van der Waals surface area contributed by atoms with Gasteiger partial charge in [0.1, 0.15) is 10.7 Å². The molecule has 1 fully saturated rings. The lowest BCUT2D eigenvalue weighted by atomic mass is 10.1.